The molecule has 2 fully saturated rings. The molecule has 8 nitrogen and oxygen atoms in total. The van der Waals surface area contributed by atoms with Gasteiger partial charge in [-0.15, -0.1) is 0 Å². The number of rotatable bonds is 4. The topological polar surface area (TPSA) is 87.7 Å². The molecule has 150 valence electrons. The summed E-state index contributed by atoms with van der Waals surface area (Å²) in [6.07, 6.45) is 6.08. The van der Waals surface area contributed by atoms with Gasteiger partial charge in [-0.1, -0.05) is 0 Å². The first kappa shape index (κ1) is 19.0. The van der Waals surface area contributed by atoms with Crippen LogP contribution in [0.4, 0.5) is 5.82 Å². The molecule has 27 heavy (non-hydrogen) atoms. The van der Waals surface area contributed by atoms with Gasteiger partial charge in [0, 0.05) is 43.5 Å². The molecule has 3 heterocycles. The van der Waals surface area contributed by atoms with Gasteiger partial charge in [-0.05, 0) is 45.4 Å². The molecule has 0 unspecified atom stereocenters. The molecular weight excluding hydrogens is 366 g/mol. The maximum Gasteiger partial charge on any atom is 0.279 e. The molecule has 4 rings (SSSR count). The molecular formula is C18H29N5O3S. The number of hydrogen-bond donors (Lipinski definition) is 1. The lowest BCUT2D eigenvalue weighted by Gasteiger charge is -2.36. The number of nitrogens with one attached hydrogen (secondary N) is 1. The number of nitrogens with zero attached hydrogens (tertiary/aromatic N) is 4. The summed E-state index contributed by atoms with van der Waals surface area (Å²) in [5, 5.41) is 0. The summed E-state index contributed by atoms with van der Waals surface area (Å²) in [5.74, 6) is 1.91. The van der Waals surface area contributed by atoms with Crippen LogP contribution in [0.1, 0.15) is 42.8 Å². The quantitative estimate of drug-likeness (QED) is 0.811. The second-order valence-electron chi connectivity index (χ2n) is 7.62. The summed E-state index contributed by atoms with van der Waals surface area (Å²) in [7, 11) is -3.43. The molecule has 1 aromatic rings. The van der Waals surface area contributed by atoms with Crippen molar-refractivity contribution in [1.82, 2.24) is 19.0 Å². The highest BCUT2D eigenvalue weighted by Gasteiger charge is 2.30. The second-order valence-corrected chi connectivity index (χ2v) is 9.32. The van der Waals surface area contributed by atoms with Crippen LogP contribution in [-0.4, -0.2) is 68.1 Å². The largest absolute Gasteiger partial charge is 0.379 e. The molecule has 0 saturated carbocycles. The van der Waals surface area contributed by atoms with E-state index in [9.17, 15) is 8.42 Å². The molecule has 9 heteroatoms. The number of aromatic nitrogens is 2. The Hall–Kier alpha value is -1.29. The molecule has 0 bridgehead atoms. The van der Waals surface area contributed by atoms with Gasteiger partial charge >= 0.3 is 0 Å². The highest BCUT2D eigenvalue weighted by atomic mass is 32.2. The van der Waals surface area contributed by atoms with Crippen molar-refractivity contribution < 1.29 is 13.2 Å². The average Bonchev–Trinajstić information content (AvgIpc) is 2.68. The number of morpholine rings is 1. The van der Waals surface area contributed by atoms with Crippen molar-refractivity contribution in [2.75, 3.05) is 44.3 Å². The Kier molecular flexibility index (Phi) is 5.63. The molecule has 0 radical (unpaired) electrons. The smallest absolute Gasteiger partial charge is 0.279 e. The summed E-state index contributed by atoms with van der Waals surface area (Å²) < 4.78 is 34.8. The van der Waals surface area contributed by atoms with Crippen molar-refractivity contribution in [1.29, 1.82) is 0 Å². The Labute approximate surface area is 161 Å². The third kappa shape index (κ3) is 4.26. The number of aryl methyl sites for hydroxylation is 2. The van der Waals surface area contributed by atoms with Crippen molar-refractivity contribution in [3.63, 3.8) is 0 Å². The Balaban J connectivity index is 1.40. The van der Waals surface area contributed by atoms with Gasteiger partial charge in [-0.3, -0.25) is 0 Å². The zero-order valence-corrected chi connectivity index (χ0v) is 16.8. The van der Waals surface area contributed by atoms with Crippen molar-refractivity contribution >= 4 is 16.0 Å². The van der Waals surface area contributed by atoms with E-state index in [1.807, 2.05) is 6.92 Å². The summed E-state index contributed by atoms with van der Waals surface area (Å²) >= 11 is 0. The fraction of sp³-hybridized carbons (Fsp3) is 0.778. The number of ether oxygens (including phenoxy) is 1. The standard InChI is InChI=1S/C18H29N5O3S/c1-14-19-17-5-3-2-4-16(17)18(20-14)22-8-6-15(7-9-22)21-27(24,25)23-10-12-26-13-11-23/h15,21H,2-13H2,1H3. The lowest BCUT2D eigenvalue weighted by molar-refractivity contribution is 0.0722. The molecule has 3 aliphatic rings. The van der Waals surface area contributed by atoms with Crippen LogP contribution in [0, 0.1) is 6.92 Å². The van der Waals surface area contributed by atoms with E-state index >= 15 is 0 Å². The van der Waals surface area contributed by atoms with Gasteiger partial charge in [0.15, 0.2) is 0 Å². The summed E-state index contributed by atoms with van der Waals surface area (Å²) in [4.78, 5) is 11.7. The Morgan fingerprint density at radius 2 is 1.74 bits per heavy atom. The normalized spacial score (nSPS) is 22.6. The van der Waals surface area contributed by atoms with Crippen LogP contribution >= 0.6 is 0 Å². The summed E-state index contributed by atoms with van der Waals surface area (Å²) in [5.41, 5.74) is 2.51. The molecule has 0 atom stereocenters. The molecule has 0 spiro atoms. The fourth-order valence-corrected chi connectivity index (χ4v) is 5.67. The third-order valence-corrected chi connectivity index (χ3v) is 7.37. The van der Waals surface area contributed by atoms with Crippen molar-refractivity contribution in [2.45, 2.75) is 51.5 Å². The van der Waals surface area contributed by atoms with Gasteiger partial charge in [0.05, 0.1) is 13.2 Å². The predicted molar refractivity (Wildman–Crippen MR) is 103 cm³/mol. The molecule has 0 amide bonds. The zero-order chi connectivity index (χ0) is 18.9. The first-order valence-corrected chi connectivity index (χ1v) is 11.4. The Bertz CT molecular complexity index is 771. The van der Waals surface area contributed by atoms with Gasteiger partial charge in [-0.2, -0.15) is 17.4 Å². The van der Waals surface area contributed by atoms with E-state index in [2.05, 4.69) is 14.6 Å². The monoisotopic (exact) mass is 395 g/mol. The minimum Gasteiger partial charge on any atom is -0.379 e. The van der Waals surface area contributed by atoms with E-state index in [0.29, 0.717) is 26.3 Å². The van der Waals surface area contributed by atoms with Gasteiger partial charge < -0.3 is 9.64 Å². The van der Waals surface area contributed by atoms with Crippen LogP contribution in [0.25, 0.3) is 0 Å². The van der Waals surface area contributed by atoms with Gasteiger partial charge in [0.2, 0.25) is 0 Å². The highest BCUT2D eigenvalue weighted by Crippen LogP contribution is 2.29. The van der Waals surface area contributed by atoms with E-state index in [1.54, 1.807) is 0 Å². The molecule has 1 N–H and O–H groups in total. The number of fused-ring (bicyclic) bond motifs is 1. The van der Waals surface area contributed by atoms with Crippen LogP contribution in [0.3, 0.4) is 0 Å². The maximum absolute atomic E-state index is 12.6. The van der Waals surface area contributed by atoms with Gasteiger partial charge in [0.1, 0.15) is 11.6 Å². The van der Waals surface area contributed by atoms with Crippen molar-refractivity contribution in [2.24, 2.45) is 0 Å². The lowest BCUT2D eigenvalue weighted by Crippen LogP contribution is -2.52. The SMILES string of the molecule is Cc1nc2c(c(N3CCC(NS(=O)(=O)N4CCOCC4)CC3)n1)CCCC2. The van der Waals surface area contributed by atoms with Crippen LogP contribution in [0.5, 0.6) is 0 Å². The van der Waals surface area contributed by atoms with E-state index in [4.69, 9.17) is 9.72 Å². The summed E-state index contributed by atoms with van der Waals surface area (Å²) in [6.45, 7) is 5.40. The van der Waals surface area contributed by atoms with E-state index < -0.39 is 10.2 Å². The van der Waals surface area contributed by atoms with Crippen LogP contribution < -0.4 is 9.62 Å². The zero-order valence-electron chi connectivity index (χ0n) is 16.0. The van der Waals surface area contributed by atoms with Gasteiger partial charge in [-0.25, -0.2) is 9.97 Å². The average molecular weight is 396 g/mol. The maximum atomic E-state index is 12.6. The van der Waals surface area contributed by atoms with Gasteiger partial charge in [0.25, 0.3) is 10.2 Å². The molecule has 0 aromatic carbocycles. The van der Waals surface area contributed by atoms with Crippen molar-refractivity contribution in [3.05, 3.63) is 17.1 Å². The minimum absolute atomic E-state index is 0.0205. The molecule has 1 aliphatic carbocycles. The van der Waals surface area contributed by atoms with Crippen LogP contribution in [-0.2, 0) is 27.8 Å². The fourth-order valence-electron chi connectivity index (χ4n) is 4.24. The summed E-state index contributed by atoms with van der Waals surface area (Å²) in [6, 6.07) is -0.0205. The third-order valence-electron chi connectivity index (χ3n) is 5.69. The number of hydrogen-bond acceptors (Lipinski definition) is 6. The Morgan fingerprint density at radius 3 is 2.48 bits per heavy atom. The Morgan fingerprint density at radius 1 is 1.04 bits per heavy atom. The molecule has 2 aliphatic heterocycles. The second kappa shape index (κ2) is 7.98. The van der Waals surface area contributed by atoms with Crippen molar-refractivity contribution in [3.8, 4) is 0 Å². The predicted octanol–water partition coefficient (Wildman–Crippen LogP) is 0.799. The first-order valence-electron chi connectivity index (χ1n) is 9.99. The lowest BCUT2D eigenvalue weighted by atomic mass is 9.95. The van der Waals surface area contributed by atoms with Crippen LogP contribution in [0.15, 0.2) is 0 Å². The van der Waals surface area contributed by atoms with E-state index in [0.717, 1.165) is 50.4 Å². The van der Waals surface area contributed by atoms with E-state index in [1.165, 1.54) is 28.4 Å². The minimum atomic E-state index is -3.43. The van der Waals surface area contributed by atoms with Crippen LogP contribution in [0.2, 0.25) is 0 Å². The molecule has 2 saturated heterocycles. The highest BCUT2D eigenvalue weighted by molar-refractivity contribution is 7.87. The van der Waals surface area contributed by atoms with E-state index in [-0.39, 0.29) is 6.04 Å². The number of piperidine rings is 1. The first-order chi connectivity index (χ1) is 13.0. The number of anilines is 1. The molecule has 1 aromatic heterocycles.